The van der Waals surface area contributed by atoms with Crippen molar-refractivity contribution >= 4 is 120 Å². The average molecular weight is 1360 g/mol. The number of rotatable bonds is 7. The Morgan fingerprint density at radius 1 is 0.229 bits per heavy atom. The molecule has 7 nitrogen and oxygen atoms in total. The molecule has 16 aromatic carbocycles. The van der Waals surface area contributed by atoms with Gasteiger partial charge in [0.2, 0.25) is 11.2 Å². The van der Waals surface area contributed by atoms with Crippen LogP contribution in [0.15, 0.2) is 364 Å². The minimum Gasteiger partial charge on any atom is -0.309 e. The third-order valence-corrected chi connectivity index (χ3v) is 21.1. The highest BCUT2D eigenvalue weighted by atomic mass is 35.5. The van der Waals surface area contributed by atoms with Gasteiger partial charge in [-0.15, -0.1) is 0 Å². The van der Waals surface area contributed by atoms with Gasteiger partial charge in [0.1, 0.15) is 0 Å². The second kappa shape index (κ2) is 25.5. The Labute approximate surface area is 610 Å². The summed E-state index contributed by atoms with van der Waals surface area (Å²) in [5.74, 6) is 0.661. The molecule has 1 aliphatic carbocycles. The second-order valence-corrected chi connectivity index (χ2v) is 27.3. The van der Waals surface area contributed by atoms with Crippen LogP contribution in [0, 0.1) is 0 Å². The van der Waals surface area contributed by atoms with Crippen molar-refractivity contribution in [2.45, 2.75) is 6.42 Å². The predicted molar refractivity (Wildman–Crippen MR) is 439 cm³/mol. The summed E-state index contributed by atoms with van der Waals surface area (Å²) >= 11 is 6.29. The van der Waals surface area contributed by atoms with Gasteiger partial charge in [0.05, 0.1) is 55.5 Å². The maximum absolute atomic E-state index is 6.29. The van der Waals surface area contributed by atoms with Crippen LogP contribution < -0.4 is 0 Å². The van der Waals surface area contributed by atoms with Crippen LogP contribution in [0.4, 0.5) is 0 Å². The van der Waals surface area contributed by atoms with Crippen LogP contribution in [0.2, 0.25) is 5.28 Å². The monoisotopic (exact) mass is 1360 g/mol. The van der Waals surface area contributed by atoms with Crippen molar-refractivity contribution in [2.75, 3.05) is 0 Å². The van der Waals surface area contributed by atoms with E-state index in [1.165, 1.54) is 98.2 Å². The smallest absolute Gasteiger partial charge is 0.235 e. The highest BCUT2D eigenvalue weighted by Gasteiger charge is 2.22. The fraction of sp³-hybridized carbons (Fsp3) is 0.0103. The number of halogens is 1. The molecule has 0 radical (unpaired) electrons. The van der Waals surface area contributed by atoms with E-state index >= 15 is 0 Å². The van der Waals surface area contributed by atoms with Gasteiger partial charge in [0, 0.05) is 65.6 Å². The largest absolute Gasteiger partial charge is 0.309 e. The molecule has 1 aliphatic rings. The third-order valence-electron chi connectivity index (χ3n) is 20.9. The lowest BCUT2D eigenvalue weighted by Gasteiger charge is -2.13. The second-order valence-electron chi connectivity index (χ2n) is 27.0. The molecule has 0 N–H and O–H groups in total. The maximum Gasteiger partial charge on any atom is 0.235 e. The Bertz CT molecular complexity index is 7000. The van der Waals surface area contributed by atoms with Crippen LogP contribution in [0.1, 0.15) is 11.1 Å². The lowest BCUT2D eigenvalue weighted by atomic mass is 9.99. The number of hydrogen-bond donors (Lipinski definition) is 0. The van der Waals surface area contributed by atoms with Crippen LogP contribution in [0.25, 0.3) is 182 Å². The molecule has 0 bridgehead atoms. The lowest BCUT2D eigenvalue weighted by Crippen LogP contribution is -2.03. The average Bonchev–Trinajstić information content (AvgIpc) is 1.66. The highest BCUT2D eigenvalue weighted by molar-refractivity contribution is 6.29. The van der Waals surface area contributed by atoms with Crippen molar-refractivity contribution in [1.29, 1.82) is 0 Å². The molecule has 492 valence electrons. The quantitative estimate of drug-likeness (QED) is 0.149. The zero-order valence-electron chi connectivity index (χ0n) is 56.9. The van der Waals surface area contributed by atoms with E-state index in [1.807, 2.05) is 24.3 Å². The van der Waals surface area contributed by atoms with Gasteiger partial charge in [0.25, 0.3) is 0 Å². The van der Waals surface area contributed by atoms with Crippen LogP contribution >= 0.6 is 11.6 Å². The molecule has 0 saturated heterocycles. The molecule has 0 aliphatic heterocycles. The first kappa shape index (κ1) is 61.3. The van der Waals surface area contributed by atoms with Gasteiger partial charge in [-0.2, -0.15) is 0 Å². The summed E-state index contributed by atoms with van der Waals surface area (Å²) in [4.78, 5) is 19.8. The zero-order valence-corrected chi connectivity index (χ0v) is 57.6. The Hall–Kier alpha value is -13.6. The maximum atomic E-state index is 6.29. The molecule has 0 amide bonds. The van der Waals surface area contributed by atoms with E-state index in [0.717, 1.165) is 95.4 Å². The zero-order chi connectivity index (χ0) is 69.5. The highest BCUT2D eigenvalue weighted by Crippen LogP contribution is 2.43. The molecule has 0 fully saturated rings. The van der Waals surface area contributed by atoms with Gasteiger partial charge in [0.15, 0.2) is 0 Å². The molecule has 8 heteroatoms. The Balaban J connectivity index is 0.000000118. The number of para-hydroxylation sites is 5. The summed E-state index contributed by atoms with van der Waals surface area (Å²) in [6.45, 7) is 0. The molecular weight excluding hydrogens is 1300 g/mol. The predicted octanol–water partition coefficient (Wildman–Crippen LogP) is 25.4. The summed E-state index contributed by atoms with van der Waals surface area (Å²) in [6.07, 6.45) is 1.08. The molecule has 21 aromatic rings. The van der Waals surface area contributed by atoms with Crippen molar-refractivity contribution in [3.05, 3.63) is 380 Å². The van der Waals surface area contributed by atoms with E-state index < -0.39 is 0 Å². The molecular formula is C97H62ClN7. The first-order valence-corrected chi connectivity index (χ1v) is 35.9. The van der Waals surface area contributed by atoms with Crippen LogP contribution in [0.5, 0.6) is 0 Å². The summed E-state index contributed by atoms with van der Waals surface area (Å²) in [5, 5.41) is 14.7. The molecule has 0 saturated carbocycles. The van der Waals surface area contributed by atoms with E-state index in [0.29, 0.717) is 5.95 Å². The molecule has 5 aromatic heterocycles. The molecule has 0 atom stereocenters. The van der Waals surface area contributed by atoms with E-state index in [4.69, 9.17) is 21.6 Å². The van der Waals surface area contributed by atoms with Crippen molar-refractivity contribution in [1.82, 2.24) is 33.6 Å². The minimum absolute atomic E-state index is 0.253. The first-order chi connectivity index (χ1) is 52.0. The molecule has 22 rings (SSSR count). The van der Waals surface area contributed by atoms with Crippen LogP contribution in [0.3, 0.4) is 0 Å². The Kier molecular flexibility index (Phi) is 14.9. The fourth-order valence-corrected chi connectivity index (χ4v) is 16.2. The van der Waals surface area contributed by atoms with Crippen molar-refractivity contribution in [3.8, 4) is 73.2 Å². The molecule has 0 spiro atoms. The standard InChI is InChI=1S/C48H30N4.C32H20ClN3.C17H12/c1-3-13-31(14-4-1)47-41-28-34(35-23-25-39-37-19-9-11-21-43(37)51(45(39)30-35)36-17-5-2-6-18-36)24-26-42(41)49-48(50-47)52-44-22-12-10-20-38(44)40-27-32-15-7-8-16-33(32)29-46(40)52;33-32-34-28-18-16-22(19-27(28)31(35-32)21-9-3-1-4-10-21)23-15-17-26-25-13-7-8-14-29(25)36(30(26)20-23)24-11-5-2-6-12-24;1-2-6-13-11-17-15(9-12(13)5-1)10-14-7-3-4-8-16(14)17/h1-30H;1-20H;1-9,11H,10H2. The summed E-state index contributed by atoms with van der Waals surface area (Å²) in [5.41, 5.74) is 25.0. The lowest BCUT2D eigenvalue weighted by molar-refractivity contribution is 1.01. The fourth-order valence-electron chi connectivity index (χ4n) is 16.0. The summed E-state index contributed by atoms with van der Waals surface area (Å²) < 4.78 is 6.94. The Morgan fingerprint density at radius 3 is 1.19 bits per heavy atom. The van der Waals surface area contributed by atoms with Gasteiger partial charge in [-0.3, -0.25) is 4.57 Å². The van der Waals surface area contributed by atoms with Crippen molar-refractivity contribution < 1.29 is 0 Å². The first-order valence-electron chi connectivity index (χ1n) is 35.6. The van der Waals surface area contributed by atoms with Crippen LogP contribution in [-0.2, 0) is 6.42 Å². The number of aromatic nitrogens is 7. The van der Waals surface area contributed by atoms with E-state index in [2.05, 4.69) is 363 Å². The SMILES string of the molecule is Clc1nc(-c2ccccc2)c2cc(-c3ccc4c5ccccc5n(-c5ccccc5)c4c3)ccc2n1.c1ccc(-c2nc(-n3c4ccccc4c4cc5ccccc5cc43)nc3ccc(-c4ccc5c6ccccc6n(-c6ccccc6)c5c4)cc23)cc1.c1ccc2c(c1)Cc1cc3ccccc3cc1-2. The van der Waals surface area contributed by atoms with E-state index in [1.54, 1.807) is 0 Å². The van der Waals surface area contributed by atoms with Gasteiger partial charge < -0.3 is 9.13 Å². The number of fused-ring (bicyclic) bond motifs is 16. The summed E-state index contributed by atoms with van der Waals surface area (Å²) in [7, 11) is 0. The van der Waals surface area contributed by atoms with E-state index in [9.17, 15) is 0 Å². The third kappa shape index (κ3) is 10.7. The molecule has 105 heavy (non-hydrogen) atoms. The van der Waals surface area contributed by atoms with Crippen molar-refractivity contribution in [3.63, 3.8) is 0 Å². The summed E-state index contributed by atoms with van der Waals surface area (Å²) in [6, 6.07) is 129. The molecule has 0 unspecified atom stereocenters. The van der Waals surface area contributed by atoms with Gasteiger partial charge in [-0.1, -0.05) is 267 Å². The normalized spacial score (nSPS) is 11.8. The Morgan fingerprint density at radius 2 is 0.629 bits per heavy atom. The molecule has 5 heterocycles. The van der Waals surface area contributed by atoms with E-state index in [-0.39, 0.29) is 5.28 Å². The number of nitrogens with zero attached hydrogens (tertiary/aromatic N) is 7. The number of benzene rings is 16. The van der Waals surface area contributed by atoms with Gasteiger partial charge in [-0.25, -0.2) is 19.9 Å². The van der Waals surface area contributed by atoms with Crippen molar-refractivity contribution in [2.24, 2.45) is 0 Å². The van der Waals surface area contributed by atoms with Crippen LogP contribution in [-0.4, -0.2) is 33.6 Å². The number of hydrogen-bond acceptors (Lipinski definition) is 4. The van der Waals surface area contributed by atoms with Gasteiger partial charge >= 0.3 is 0 Å². The topological polar surface area (TPSA) is 66.3 Å². The van der Waals surface area contributed by atoms with Gasteiger partial charge in [-0.05, 0) is 181 Å². The minimum atomic E-state index is 0.253.